The summed E-state index contributed by atoms with van der Waals surface area (Å²) in [6, 6.07) is 5.27. The molecule has 1 aromatic rings. The van der Waals surface area contributed by atoms with Gasteiger partial charge in [0, 0.05) is 0 Å². The van der Waals surface area contributed by atoms with Gasteiger partial charge in [-0.3, -0.25) is 9.59 Å². The molecule has 1 rings (SSSR count). The van der Waals surface area contributed by atoms with Gasteiger partial charge in [0.1, 0.15) is 17.6 Å². The van der Waals surface area contributed by atoms with E-state index in [0.717, 1.165) is 5.56 Å². The number of rotatable bonds is 7. The van der Waals surface area contributed by atoms with Crippen molar-refractivity contribution < 1.29 is 29.0 Å². The van der Waals surface area contributed by atoms with Crippen LogP contribution in [0.2, 0.25) is 0 Å². The molecule has 4 N–H and O–H groups in total. The highest BCUT2D eigenvalue weighted by molar-refractivity contribution is 5.96. The number of aromatic hydroxyl groups is 1. The van der Waals surface area contributed by atoms with Gasteiger partial charge in [-0.05, 0) is 44.9 Å². The van der Waals surface area contributed by atoms with Crippen LogP contribution in [0.3, 0.4) is 0 Å². The zero-order valence-electron chi connectivity index (χ0n) is 15.6. The first-order valence-corrected chi connectivity index (χ1v) is 8.31. The largest absolute Gasteiger partial charge is 0.508 e. The molecule has 27 heavy (non-hydrogen) atoms. The lowest BCUT2D eigenvalue weighted by Gasteiger charge is -2.25. The van der Waals surface area contributed by atoms with Gasteiger partial charge in [0.15, 0.2) is 0 Å². The van der Waals surface area contributed by atoms with Gasteiger partial charge in [0.05, 0.1) is 19.1 Å². The Morgan fingerprint density at radius 2 is 1.85 bits per heavy atom. The number of phenols is 1. The summed E-state index contributed by atoms with van der Waals surface area (Å²) in [5.74, 6) is -1.28. The molecule has 0 bridgehead atoms. The molecule has 0 saturated heterocycles. The van der Waals surface area contributed by atoms with Crippen molar-refractivity contribution in [1.29, 1.82) is 0 Å². The zero-order valence-corrected chi connectivity index (χ0v) is 15.6. The number of carbonyl (C=O) groups excluding carboxylic acids is 4. The molecule has 0 fully saturated rings. The molecule has 0 radical (unpaired) electrons. The number of nitrogens with one attached hydrogen (secondary N) is 1. The van der Waals surface area contributed by atoms with E-state index in [1.54, 1.807) is 32.9 Å². The first kappa shape index (κ1) is 22.1. The van der Waals surface area contributed by atoms with Crippen LogP contribution in [-0.4, -0.2) is 58.9 Å². The summed E-state index contributed by atoms with van der Waals surface area (Å²) >= 11 is 0. The third-order valence-corrected chi connectivity index (χ3v) is 3.31. The lowest BCUT2D eigenvalue weighted by molar-refractivity contribution is -0.133. The van der Waals surface area contributed by atoms with Gasteiger partial charge in [-0.25, -0.2) is 9.69 Å². The highest BCUT2D eigenvalue weighted by Crippen LogP contribution is 2.11. The topological polar surface area (TPSA) is 139 Å². The SMILES string of the molecule is CC(C)(C)OC(=O)N(CC=O)C(=O)CNC(=O)[C@@H](N)Cc1ccc(O)cc1. The Bertz CT molecular complexity index is 681. The molecule has 1 atom stereocenters. The fraction of sp³-hybridized carbons (Fsp3) is 0.444. The minimum atomic E-state index is -0.970. The highest BCUT2D eigenvalue weighted by Gasteiger charge is 2.27. The van der Waals surface area contributed by atoms with Crippen LogP contribution in [0, 0.1) is 0 Å². The molecule has 9 heteroatoms. The first-order chi connectivity index (χ1) is 12.5. The van der Waals surface area contributed by atoms with Crippen molar-refractivity contribution in [2.24, 2.45) is 5.73 Å². The van der Waals surface area contributed by atoms with E-state index in [1.165, 1.54) is 12.1 Å². The Kier molecular flexibility index (Phi) is 7.92. The van der Waals surface area contributed by atoms with Crippen LogP contribution in [-0.2, 0) is 25.5 Å². The average Bonchev–Trinajstić information content (AvgIpc) is 2.57. The van der Waals surface area contributed by atoms with E-state index in [2.05, 4.69) is 5.32 Å². The number of nitrogens with zero attached hydrogens (tertiary/aromatic N) is 1. The minimum absolute atomic E-state index is 0.0970. The molecule has 0 unspecified atom stereocenters. The minimum Gasteiger partial charge on any atom is -0.508 e. The summed E-state index contributed by atoms with van der Waals surface area (Å²) in [5, 5.41) is 11.6. The van der Waals surface area contributed by atoms with Gasteiger partial charge in [-0.1, -0.05) is 12.1 Å². The molecule has 0 spiro atoms. The van der Waals surface area contributed by atoms with Crippen molar-refractivity contribution in [3.8, 4) is 5.75 Å². The second-order valence-electron chi connectivity index (χ2n) is 6.85. The van der Waals surface area contributed by atoms with Crippen molar-refractivity contribution in [2.45, 2.75) is 38.8 Å². The van der Waals surface area contributed by atoms with Gasteiger partial charge in [-0.2, -0.15) is 0 Å². The van der Waals surface area contributed by atoms with Gasteiger partial charge in [0.2, 0.25) is 5.91 Å². The van der Waals surface area contributed by atoms with Crippen molar-refractivity contribution in [1.82, 2.24) is 10.2 Å². The summed E-state index contributed by atoms with van der Waals surface area (Å²) in [6.45, 7) is 3.88. The number of amides is 3. The van der Waals surface area contributed by atoms with E-state index in [1.807, 2.05) is 0 Å². The van der Waals surface area contributed by atoms with Crippen molar-refractivity contribution in [3.63, 3.8) is 0 Å². The number of carbonyl (C=O) groups is 4. The van der Waals surface area contributed by atoms with Gasteiger partial charge >= 0.3 is 6.09 Å². The standard InChI is InChI=1S/C18H25N3O6/c1-18(2,3)27-17(26)21(8-9-22)15(24)11-20-16(25)14(19)10-12-4-6-13(23)7-5-12/h4-7,9,14,23H,8,10-11,19H2,1-3H3,(H,20,25)/t14-/m0/s1. The van der Waals surface area contributed by atoms with Crippen LogP contribution in [0.25, 0.3) is 0 Å². The van der Waals surface area contributed by atoms with Crippen LogP contribution in [0.5, 0.6) is 5.75 Å². The Morgan fingerprint density at radius 3 is 2.37 bits per heavy atom. The number of aldehydes is 1. The molecule has 148 valence electrons. The number of ether oxygens (including phenoxy) is 1. The molecular formula is C18H25N3O6. The maximum Gasteiger partial charge on any atom is 0.417 e. The predicted octanol–water partition coefficient (Wildman–Crippen LogP) is 0.341. The normalized spacial score (nSPS) is 12.0. The van der Waals surface area contributed by atoms with Crippen LogP contribution in [0.4, 0.5) is 4.79 Å². The number of hydrogen-bond donors (Lipinski definition) is 3. The summed E-state index contributed by atoms with van der Waals surface area (Å²) < 4.78 is 5.07. The maximum atomic E-state index is 12.2. The molecule has 0 saturated carbocycles. The predicted molar refractivity (Wildman–Crippen MR) is 96.8 cm³/mol. The Balaban J connectivity index is 2.60. The third kappa shape index (κ3) is 7.87. The third-order valence-electron chi connectivity index (χ3n) is 3.31. The van der Waals surface area contributed by atoms with E-state index in [0.29, 0.717) is 11.2 Å². The summed E-state index contributed by atoms with van der Waals surface area (Å²) in [6.07, 6.45) is -0.382. The van der Waals surface area contributed by atoms with Crippen LogP contribution >= 0.6 is 0 Å². The van der Waals surface area contributed by atoms with Crippen LogP contribution in [0.1, 0.15) is 26.3 Å². The lowest BCUT2D eigenvalue weighted by Crippen LogP contribution is -2.49. The zero-order chi connectivity index (χ0) is 20.6. The molecular weight excluding hydrogens is 354 g/mol. The quantitative estimate of drug-likeness (QED) is 0.581. The van der Waals surface area contributed by atoms with E-state index in [-0.39, 0.29) is 12.2 Å². The monoisotopic (exact) mass is 379 g/mol. The number of imide groups is 1. The van der Waals surface area contributed by atoms with E-state index < -0.39 is 42.6 Å². The van der Waals surface area contributed by atoms with E-state index in [4.69, 9.17) is 10.5 Å². The second-order valence-corrected chi connectivity index (χ2v) is 6.85. The molecule has 0 aliphatic heterocycles. The Labute approximate surface area is 157 Å². The fourth-order valence-electron chi connectivity index (χ4n) is 2.04. The molecule has 0 heterocycles. The van der Waals surface area contributed by atoms with Gasteiger partial charge in [0.25, 0.3) is 5.91 Å². The fourth-order valence-corrected chi connectivity index (χ4v) is 2.04. The molecule has 0 aliphatic carbocycles. The molecule has 3 amide bonds. The Hall–Kier alpha value is -2.94. The molecule has 1 aromatic carbocycles. The van der Waals surface area contributed by atoms with Crippen molar-refractivity contribution in [3.05, 3.63) is 29.8 Å². The molecule has 9 nitrogen and oxygen atoms in total. The number of phenolic OH excluding ortho intramolecular Hbond substituents is 1. The first-order valence-electron chi connectivity index (χ1n) is 8.31. The summed E-state index contributed by atoms with van der Waals surface area (Å²) in [4.78, 5) is 47.6. The second kappa shape index (κ2) is 9.67. The molecule has 0 aromatic heterocycles. The number of benzene rings is 1. The van der Waals surface area contributed by atoms with Crippen LogP contribution in [0.15, 0.2) is 24.3 Å². The molecule has 0 aliphatic rings. The van der Waals surface area contributed by atoms with Gasteiger partial charge < -0.3 is 25.7 Å². The Morgan fingerprint density at radius 1 is 1.26 bits per heavy atom. The van der Waals surface area contributed by atoms with E-state index >= 15 is 0 Å². The van der Waals surface area contributed by atoms with E-state index in [9.17, 15) is 24.3 Å². The number of hydrogen-bond acceptors (Lipinski definition) is 7. The smallest absolute Gasteiger partial charge is 0.417 e. The number of nitrogens with two attached hydrogens (primary N) is 1. The summed E-state index contributed by atoms with van der Waals surface area (Å²) in [7, 11) is 0. The van der Waals surface area contributed by atoms with Gasteiger partial charge in [-0.15, -0.1) is 0 Å². The average molecular weight is 379 g/mol. The van der Waals surface area contributed by atoms with Crippen molar-refractivity contribution in [2.75, 3.05) is 13.1 Å². The maximum absolute atomic E-state index is 12.2. The highest BCUT2D eigenvalue weighted by atomic mass is 16.6. The van der Waals surface area contributed by atoms with Crippen molar-refractivity contribution >= 4 is 24.2 Å². The lowest BCUT2D eigenvalue weighted by atomic mass is 10.1. The summed E-state index contributed by atoms with van der Waals surface area (Å²) in [5.41, 5.74) is 5.70. The van der Waals surface area contributed by atoms with Crippen LogP contribution < -0.4 is 11.1 Å².